The van der Waals surface area contributed by atoms with Crippen molar-refractivity contribution in [3.05, 3.63) is 43.6 Å². The molecule has 3 rings (SSSR count). The number of carbonyl (C=O) groups excluding carboxylic acids is 1. The van der Waals surface area contributed by atoms with Crippen molar-refractivity contribution >= 4 is 60.3 Å². The lowest BCUT2D eigenvalue weighted by molar-refractivity contribution is 0.0956. The average Bonchev–Trinajstić information content (AvgIpc) is 3.01. The second kappa shape index (κ2) is 5.75. The molecule has 3 N–H and O–H groups in total. The molecule has 4 nitrogen and oxygen atoms in total. The molecule has 1 aromatic carbocycles. The summed E-state index contributed by atoms with van der Waals surface area (Å²) >= 11 is 6.41. The van der Waals surface area contributed by atoms with Crippen LogP contribution in [-0.4, -0.2) is 10.9 Å². The van der Waals surface area contributed by atoms with Crippen LogP contribution in [0.25, 0.3) is 10.1 Å². The summed E-state index contributed by atoms with van der Waals surface area (Å²) in [6, 6.07) is 5.84. The smallest absolute Gasteiger partial charge is 0.263 e. The SMILES string of the molecule is Cc1ncc(CNC(=O)c2sc3ccc(Br)cc3c2N)s1. The van der Waals surface area contributed by atoms with Gasteiger partial charge in [0.15, 0.2) is 0 Å². The average molecular weight is 382 g/mol. The Morgan fingerprint density at radius 3 is 2.95 bits per heavy atom. The summed E-state index contributed by atoms with van der Waals surface area (Å²) in [5.74, 6) is -0.143. The summed E-state index contributed by atoms with van der Waals surface area (Å²) in [6.45, 7) is 2.42. The number of fused-ring (bicyclic) bond motifs is 1. The fourth-order valence-electron chi connectivity index (χ4n) is 1.99. The molecule has 0 saturated carbocycles. The zero-order valence-corrected chi connectivity index (χ0v) is 14.4. The topological polar surface area (TPSA) is 68.0 Å². The van der Waals surface area contributed by atoms with E-state index in [1.165, 1.54) is 11.3 Å². The zero-order valence-electron chi connectivity index (χ0n) is 11.1. The highest BCUT2D eigenvalue weighted by Gasteiger charge is 2.16. The number of halogens is 1. The van der Waals surface area contributed by atoms with Gasteiger partial charge in [0.1, 0.15) is 4.88 Å². The maximum Gasteiger partial charge on any atom is 0.263 e. The number of hydrogen-bond donors (Lipinski definition) is 2. The highest BCUT2D eigenvalue weighted by molar-refractivity contribution is 9.10. The number of benzene rings is 1. The van der Waals surface area contributed by atoms with Crippen LogP contribution in [0.2, 0.25) is 0 Å². The van der Waals surface area contributed by atoms with E-state index in [0.29, 0.717) is 17.1 Å². The van der Waals surface area contributed by atoms with Gasteiger partial charge >= 0.3 is 0 Å². The van der Waals surface area contributed by atoms with E-state index in [9.17, 15) is 4.79 Å². The van der Waals surface area contributed by atoms with E-state index in [4.69, 9.17) is 5.73 Å². The summed E-state index contributed by atoms with van der Waals surface area (Å²) < 4.78 is 1.96. The normalized spacial score (nSPS) is 11.0. The monoisotopic (exact) mass is 381 g/mol. The van der Waals surface area contributed by atoms with Gasteiger partial charge in [0, 0.05) is 25.6 Å². The summed E-state index contributed by atoms with van der Waals surface area (Å²) in [6.07, 6.45) is 1.78. The Balaban J connectivity index is 1.82. The van der Waals surface area contributed by atoms with Gasteiger partial charge in [-0.05, 0) is 25.1 Å². The van der Waals surface area contributed by atoms with Crippen molar-refractivity contribution in [1.29, 1.82) is 0 Å². The molecule has 0 bridgehead atoms. The molecule has 0 unspecified atom stereocenters. The molecule has 0 atom stereocenters. The number of amides is 1. The molecule has 3 aromatic rings. The molecule has 7 heteroatoms. The van der Waals surface area contributed by atoms with Crippen molar-refractivity contribution in [2.24, 2.45) is 0 Å². The van der Waals surface area contributed by atoms with E-state index in [-0.39, 0.29) is 5.91 Å². The second-order valence-electron chi connectivity index (χ2n) is 4.51. The molecule has 0 radical (unpaired) electrons. The Kier molecular flexibility index (Phi) is 3.97. The minimum Gasteiger partial charge on any atom is -0.397 e. The lowest BCUT2D eigenvalue weighted by atomic mass is 10.2. The predicted molar refractivity (Wildman–Crippen MR) is 92.0 cm³/mol. The largest absolute Gasteiger partial charge is 0.397 e. The molecule has 108 valence electrons. The molecule has 0 aliphatic rings. The van der Waals surface area contributed by atoms with E-state index in [0.717, 1.165) is 24.4 Å². The van der Waals surface area contributed by atoms with E-state index in [1.54, 1.807) is 17.5 Å². The number of nitrogen functional groups attached to an aromatic ring is 1. The first kappa shape index (κ1) is 14.5. The molecular weight excluding hydrogens is 370 g/mol. The molecule has 0 aliphatic heterocycles. The van der Waals surface area contributed by atoms with Crippen LogP contribution in [0.1, 0.15) is 19.6 Å². The Labute approximate surface area is 138 Å². The number of thiophene rings is 1. The van der Waals surface area contributed by atoms with Crippen LogP contribution in [0, 0.1) is 6.92 Å². The number of rotatable bonds is 3. The Morgan fingerprint density at radius 2 is 2.24 bits per heavy atom. The number of carbonyl (C=O) groups is 1. The molecule has 0 spiro atoms. The minimum atomic E-state index is -0.143. The number of anilines is 1. The van der Waals surface area contributed by atoms with Gasteiger partial charge in [-0.1, -0.05) is 15.9 Å². The van der Waals surface area contributed by atoms with Crippen molar-refractivity contribution in [1.82, 2.24) is 10.3 Å². The standard InChI is InChI=1S/C14H12BrN3OS2/c1-7-17-5-9(20-7)6-18-14(19)13-12(16)10-4-8(15)2-3-11(10)21-13/h2-5H,6,16H2,1H3,(H,18,19). The molecule has 0 fully saturated rings. The van der Waals surface area contributed by atoms with Gasteiger partial charge in [0.05, 0.1) is 17.2 Å². The summed E-state index contributed by atoms with van der Waals surface area (Å²) in [7, 11) is 0. The Morgan fingerprint density at radius 1 is 1.43 bits per heavy atom. The van der Waals surface area contributed by atoms with Gasteiger partial charge < -0.3 is 11.1 Å². The summed E-state index contributed by atoms with van der Waals surface area (Å²) in [5, 5.41) is 4.80. The quantitative estimate of drug-likeness (QED) is 0.721. The molecule has 2 heterocycles. The van der Waals surface area contributed by atoms with Gasteiger partial charge in [0.25, 0.3) is 5.91 Å². The van der Waals surface area contributed by atoms with Crippen LogP contribution in [0.15, 0.2) is 28.9 Å². The first-order valence-electron chi connectivity index (χ1n) is 6.21. The fourth-order valence-corrected chi connectivity index (χ4v) is 4.11. The Bertz CT molecular complexity index is 825. The predicted octanol–water partition coefficient (Wildman–Crippen LogP) is 3.94. The van der Waals surface area contributed by atoms with Crippen LogP contribution in [-0.2, 0) is 6.54 Å². The zero-order chi connectivity index (χ0) is 15.0. The molecule has 21 heavy (non-hydrogen) atoms. The van der Waals surface area contributed by atoms with Crippen LogP contribution < -0.4 is 11.1 Å². The highest BCUT2D eigenvalue weighted by Crippen LogP contribution is 2.35. The first-order valence-corrected chi connectivity index (χ1v) is 8.64. The number of hydrogen-bond acceptors (Lipinski definition) is 5. The van der Waals surface area contributed by atoms with E-state index >= 15 is 0 Å². The first-order chi connectivity index (χ1) is 10.0. The van der Waals surface area contributed by atoms with Crippen molar-refractivity contribution < 1.29 is 4.79 Å². The van der Waals surface area contributed by atoms with Gasteiger partial charge in [0.2, 0.25) is 0 Å². The van der Waals surface area contributed by atoms with Crippen LogP contribution in [0.4, 0.5) is 5.69 Å². The Hall–Kier alpha value is -1.44. The van der Waals surface area contributed by atoms with Gasteiger partial charge in [-0.2, -0.15) is 0 Å². The molecule has 0 saturated heterocycles. The van der Waals surface area contributed by atoms with Crippen molar-refractivity contribution in [2.75, 3.05) is 5.73 Å². The lowest BCUT2D eigenvalue weighted by Crippen LogP contribution is -2.22. The molecular formula is C14H12BrN3OS2. The van der Waals surface area contributed by atoms with E-state index in [1.807, 2.05) is 25.1 Å². The van der Waals surface area contributed by atoms with E-state index < -0.39 is 0 Å². The molecule has 2 aromatic heterocycles. The van der Waals surface area contributed by atoms with Crippen LogP contribution in [0.5, 0.6) is 0 Å². The maximum atomic E-state index is 12.3. The third-order valence-electron chi connectivity index (χ3n) is 2.99. The number of nitrogens with zero attached hydrogens (tertiary/aromatic N) is 1. The van der Waals surface area contributed by atoms with Crippen molar-refractivity contribution in [3.63, 3.8) is 0 Å². The number of aromatic nitrogens is 1. The highest BCUT2D eigenvalue weighted by atomic mass is 79.9. The maximum absolute atomic E-state index is 12.3. The van der Waals surface area contributed by atoms with Crippen molar-refractivity contribution in [2.45, 2.75) is 13.5 Å². The summed E-state index contributed by atoms with van der Waals surface area (Å²) in [4.78, 5) is 18.1. The van der Waals surface area contributed by atoms with Crippen LogP contribution >= 0.6 is 38.6 Å². The lowest BCUT2D eigenvalue weighted by Gasteiger charge is -2.02. The number of thiazole rings is 1. The minimum absolute atomic E-state index is 0.143. The number of aryl methyl sites for hydroxylation is 1. The van der Waals surface area contributed by atoms with E-state index in [2.05, 4.69) is 26.2 Å². The molecule has 1 amide bonds. The third-order valence-corrected chi connectivity index (χ3v) is 5.58. The van der Waals surface area contributed by atoms with Gasteiger partial charge in [-0.3, -0.25) is 4.79 Å². The van der Waals surface area contributed by atoms with Crippen LogP contribution in [0.3, 0.4) is 0 Å². The third kappa shape index (κ3) is 2.95. The number of nitrogens with one attached hydrogen (secondary N) is 1. The second-order valence-corrected chi connectivity index (χ2v) is 7.80. The van der Waals surface area contributed by atoms with Gasteiger partial charge in [-0.15, -0.1) is 22.7 Å². The summed E-state index contributed by atoms with van der Waals surface area (Å²) in [5.41, 5.74) is 6.64. The fraction of sp³-hybridized carbons (Fsp3) is 0.143. The molecule has 0 aliphatic carbocycles. The number of nitrogens with two attached hydrogens (primary N) is 1. The van der Waals surface area contributed by atoms with Crippen molar-refractivity contribution in [3.8, 4) is 0 Å². The van der Waals surface area contributed by atoms with Gasteiger partial charge in [-0.25, -0.2) is 4.98 Å².